The molecule has 1 aliphatic heterocycles. The van der Waals surface area contributed by atoms with E-state index in [1.54, 1.807) is 22.9 Å². The highest BCUT2D eigenvalue weighted by Gasteiger charge is 2.22. The van der Waals surface area contributed by atoms with Crippen LogP contribution in [0.1, 0.15) is 16.8 Å². The van der Waals surface area contributed by atoms with Crippen molar-refractivity contribution >= 4 is 34.8 Å². The monoisotopic (exact) mass is 311 g/mol. The number of rotatable bonds is 2. The van der Waals surface area contributed by atoms with Crippen LogP contribution in [0.2, 0.25) is 10.0 Å². The van der Waals surface area contributed by atoms with Gasteiger partial charge in [-0.25, -0.2) is 4.68 Å². The first-order valence-corrected chi connectivity index (χ1v) is 6.86. The van der Waals surface area contributed by atoms with E-state index in [1.807, 2.05) is 0 Å². The van der Waals surface area contributed by atoms with Gasteiger partial charge in [0.15, 0.2) is 0 Å². The SMILES string of the molecule is O=C(Nc1ccc(Cl)cc1Cl)c1cnn2c1OCCC2. The first-order chi connectivity index (χ1) is 9.65. The second kappa shape index (κ2) is 5.34. The number of anilines is 1. The molecule has 20 heavy (non-hydrogen) atoms. The van der Waals surface area contributed by atoms with E-state index >= 15 is 0 Å². The minimum atomic E-state index is -0.308. The van der Waals surface area contributed by atoms with Crippen LogP contribution in [0.5, 0.6) is 5.88 Å². The van der Waals surface area contributed by atoms with Gasteiger partial charge in [0.05, 0.1) is 23.5 Å². The molecule has 0 atom stereocenters. The molecule has 0 fully saturated rings. The fraction of sp³-hybridized carbons (Fsp3) is 0.231. The predicted octanol–water partition coefficient (Wildman–Crippen LogP) is 3.22. The molecule has 1 N–H and O–H groups in total. The van der Waals surface area contributed by atoms with Crippen LogP contribution in [0.25, 0.3) is 0 Å². The topological polar surface area (TPSA) is 56.2 Å². The van der Waals surface area contributed by atoms with Crippen molar-refractivity contribution in [1.82, 2.24) is 9.78 Å². The maximum Gasteiger partial charge on any atom is 0.262 e. The zero-order valence-corrected chi connectivity index (χ0v) is 11.9. The molecule has 0 radical (unpaired) electrons. The third kappa shape index (κ3) is 2.46. The van der Waals surface area contributed by atoms with Gasteiger partial charge >= 0.3 is 0 Å². The second-order valence-electron chi connectivity index (χ2n) is 4.37. The summed E-state index contributed by atoms with van der Waals surface area (Å²) >= 11 is 11.8. The molecule has 0 aliphatic carbocycles. The lowest BCUT2D eigenvalue weighted by Gasteiger charge is -2.16. The number of fused-ring (bicyclic) bond motifs is 1. The van der Waals surface area contributed by atoms with E-state index < -0.39 is 0 Å². The number of nitrogens with zero attached hydrogens (tertiary/aromatic N) is 2. The third-order valence-corrected chi connectivity index (χ3v) is 3.52. The summed E-state index contributed by atoms with van der Waals surface area (Å²) in [6.45, 7) is 1.35. The van der Waals surface area contributed by atoms with Crippen molar-refractivity contribution in [2.24, 2.45) is 0 Å². The van der Waals surface area contributed by atoms with Crippen LogP contribution in [0.3, 0.4) is 0 Å². The van der Waals surface area contributed by atoms with E-state index in [0.29, 0.717) is 33.8 Å². The van der Waals surface area contributed by atoms with Crippen LogP contribution in [0.4, 0.5) is 5.69 Å². The van der Waals surface area contributed by atoms with Crippen molar-refractivity contribution in [3.05, 3.63) is 40.0 Å². The van der Waals surface area contributed by atoms with E-state index in [0.717, 1.165) is 13.0 Å². The Kier molecular flexibility index (Phi) is 3.54. The summed E-state index contributed by atoms with van der Waals surface area (Å²) in [6, 6.07) is 4.88. The molecular weight excluding hydrogens is 301 g/mol. The Bertz CT molecular complexity index is 670. The van der Waals surface area contributed by atoms with Crippen LogP contribution in [-0.2, 0) is 6.54 Å². The largest absolute Gasteiger partial charge is 0.477 e. The fourth-order valence-corrected chi connectivity index (χ4v) is 2.46. The standard InChI is InChI=1S/C13H11Cl2N3O2/c14-8-2-3-11(10(15)6-8)17-12(19)9-7-16-18-4-1-5-20-13(9)18/h2-3,6-7H,1,4-5H2,(H,17,19). The van der Waals surface area contributed by atoms with Gasteiger partial charge in [-0.15, -0.1) is 0 Å². The van der Waals surface area contributed by atoms with Gasteiger partial charge in [-0.05, 0) is 18.2 Å². The smallest absolute Gasteiger partial charge is 0.262 e. The number of hydrogen-bond acceptors (Lipinski definition) is 3. The number of carbonyl (C=O) groups is 1. The molecule has 2 aromatic rings. The van der Waals surface area contributed by atoms with Crippen molar-refractivity contribution in [3.63, 3.8) is 0 Å². The van der Waals surface area contributed by atoms with Crippen LogP contribution in [0, 0.1) is 0 Å². The van der Waals surface area contributed by atoms with Crippen LogP contribution in [-0.4, -0.2) is 22.3 Å². The number of aryl methyl sites for hydroxylation is 1. The molecule has 1 aromatic heterocycles. The number of benzene rings is 1. The van der Waals surface area contributed by atoms with E-state index in [-0.39, 0.29) is 5.91 Å². The van der Waals surface area contributed by atoms with Gasteiger partial charge in [0.25, 0.3) is 5.91 Å². The Morgan fingerprint density at radius 1 is 1.40 bits per heavy atom. The Hall–Kier alpha value is -1.72. The van der Waals surface area contributed by atoms with E-state index in [9.17, 15) is 4.79 Å². The summed E-state index contributed by atoms with van der Waals surface area (Å²) in [5.41, 5.74) is 0.896. The number of aromatic nitrogens is 2. The third-order valence-electron chi connectivity index (χ3n) is 2.97. The normalized spacial score (nSPS) is 13.5. The molecule has 0 saturated carbocycles. The lowest BCUT2D eigenvalue weighted by molar-refractivity contribution is 0.102. The molecule has 0 bridgehead atoms. The van der Waals surface area contributed by atoms with Gasteiger partial charge in [0.2, 0.25) is 5.88 Å². The summed E-state index contributed by atoms with van der Waals surface area (Å²) < 4.78 is 7.17. The summed E-state index contributed by atoms with van der Waals surface area (Å²) in [4.78, 5) is 12.2. The zero-order chi connectivity index (χ0) is 14.1. The van der Waals surface area contributed by atoms with Gasteiger partial charge in [0, 0.05) is 18.0 Å². The minimum absolute atomic E-state index is 0.308. The van der Waals surface area contributed by atoms with Gasteiger partial charge < -0.3 is 10.1 Å². The summed E-state index contributed by atoms with van der Waals surface area (Å²) in [7, 11) is 0. The van der Waals surface area contributed by atoms with Crippen LogP contribution in [0.15, 0.2) is 24.4 Å². The minimum Gasteiger partial charge on any atom is -0.477 e. The highest BCUT2D eigenvalue weighted by Crippen LogP contribution is 2.28. The average molecular weight is 312 g/mol. The molecule has 1 amide bonds. The van der Waals surface area contributed by atoms with Crippen molar-refractivity contribution in [2.75, 3.05) is 11.9 Å². The highest BCUT2D eigenvalue weighted by molar-refractivity contribution is 6.36. The van der Waals surface area contributed by atoms with Crippen LogP contribution >= 0.6 is 23.2 Å². The van der Waals surface area contributed by atoms with Gasteiger partial charge in [-0.3, -0.25) is 4.79 Å². The molecule has 2 heterocycles. The number of amides is 1. The van der Waals surface area contributed by atoms with E-state index in [4.69, 9.17) is 27.9 Å². The van der Waals surface area contributed by atoms with Gasteiger partial charge in [-0.1, -0.05) is 23.2 Å². The van der Waals surface area contributed by atoms with Gasteiger partial charge in [-0.2, -0.15) is 5.10 Å². The fourth-order valence-electron chi connectivity index (χ4n) is 2.01. The van der Waals surface area contributed by atoms with Gasteiger partial charge in [0.1, 0.15) is 5.56 Å². The van der Waals surface area contributed by atoms with Crippen molar-refractivity contribution in [2.45, 2.75) is 13.0 Å². The Morgan fingerprint density at radius 2 is 2.25 bits per heavy atom. The average Bonchev–Trinajstić information content (AvgIpc) is 2.86. The lowest BCUT2D eigenvalue weighted by atomic mass is 10.2. The van der Waals surface area contributed by atoms with Crippen molar-refractivity contribution in [3.8, 4) is 5.88 Å². The summed E-state index contributed by atoms with van der Waals surface area (Å²) in [5.74, 6) is 0.191. The second-order valence-corrected chi connectivity index (χ2v) is 5.21. The first-order valence-electron chi connectivity index (χ1n) is 6.10. The highest BCUT2D eigenvalue weighted by atomic mass is 35.5. The van der Waals surface area contributed by atoms with Crippen LogP contribution < -0.4 is 10.1 Å². The predicted molar refractivity (Wildman–Crippen MR) is 76.8 cm³/mol. The van der Waals surface area contributed by atoms with Crippen molar-refractivity contribution < 1.29 is 9.53 Å². The molecule has 104 valence electrons. The van der Waals surface area contributed by atoms with Crippen molar-refractivity contribution in [1.29, 1.82) is 0 Å². The zero-order valence-electron chi connectivity index (χ0n) is 10.4. The summed E-state index contributed by atoms with van der Waals surface area (Å²) in [5, 5.41) is 7.76. The molecule has 1 aliphatic rings. The Morgan fingerprint density at radius 3 is 3.05 bits per heavy atom. The molecule has 0 unspecified atom stereocenters. The Balaban J connectivity index is 1.84. The maximum absolute atomic E-state index is 12.2. The molecule has 5 nitrogen and oxygen atoms in total. The number of halogens is 2. The number of nitrogens with one attached hydrogen (secondary N) is 1. The molecule has 7 heteroatoms. The number of carbonyl (C=O) groups excluding carboxylic acids is 1. The molecular formula is C13H11Cl2N3O2. The molecule has 3 rings (SSSR count). The molecule has 0 spiro atoms. The number of hydrogen-bond donors (Lipinski definition) is 1. The Labute approximate surface area is 125 Å². The molecule has 1 aromatic carbocycles. The van der Waals surface area contributed by atoms with E-state index in [2.05, 4.69) is 10.4 Å². The quantitative estimate of drug-likeness (QED) is 0.926. The lowest BCUT2D eigenvalue weighted by Crippen LogP contribution is -2.18. The first kappa shape index (κ1) is 13.3. The maximum atomic E-state index is 12.2. The summed E-state index contributed by atoms with van der Waals surface area (Å²) in [6.07, 6.45) is 2.39. The molecule has 0 saturated heterocycles. The number of ether oxygens (including phenoxy) is 1. The van der Waals surface area contributed by atoms with E-state index in [1.165, 1.54) is 6.20 Å².